The first kappa shape index (κ1) is 22.4. The molecule has 2 saturated heterocycles. The Balaban J connectivity index is 1.48. The van der Waals surface area contributed by atoms with Crippen LogP contribution in [0.4, 0.5) is 5.95 Å². The van der Waals surface area contributed by atoms with E-state index in [1.807, 2.05) is 28.8 Å². The van der Waals surface area contributed by atoms with Gasteiger partial charge < -0.3 is 9.80 Å². The Hall–Kier alpha value is -1.82. The second kappa shape index (κ2) is 9.35. The Kier molecular flexibility index (Phi) is 6.75. The fourth-order valence-corrected chi connectivity index (χ4v) is 5.67. The summed E-state index contributed by atoms with van der Waals surface area (Å²) in [6.45, 7) is 3.29. The summed E-state index contributed by atoms with van der Waals surface area (Å²) in [5, 5.41) is 10.0. The van der Waals surface area contributed by atoms with Crippen LogP contribution >= 0.6 is 23.4 Å². The lowest BCUT2D eigenvalue weighted by atomic mass is 10.3. The van der Waals surface area contributed by atoms with Gasteiger partial charge in [-0.2, -0.15) is 4.31 Å². The molecule has 0 saturated carbocycles. The number of thioether (sulfide) groups is 1. The van der Waals surface area contributed by atoms with E-state index in [0.29, 0.717) is 36.4 Å². The van der Waals surface area contributed by atoms with E-state index in [4.69, 9.17) is 11.6 Å². The molecule has 12 heteroatoms. The first-order valence-corrected chi connectivity index (χ1v) is 13.4. The topological polar surface area (TPSA) is 91.6 Å². The van der Waals surface area contributed by atoms with Crippen molar-refractivity contribution < 1.29 is 13.2 Å². The van der Waals surface area contributed by atoms with Gasteiger partial charge in [0.1, 0.15) is 0 Å². The summed E-state index contributed by atoms with van der Waals surface area (Å²) in [4.78, 5) is 16.6. The highest BCUT2D eigenvalue weighted by Crippen LogP contribution is 2.29. The molecule has 0 aliphatic carbocycles. The van der Waals surface area contributed by atoms with Crippen molar-refractivity contribution in [2.45, 2.75) is 18.0 Å². The molecule has 2 aliphatic heterocycles. The van der Waals surface area contributed by atoms with E-state index in [0.717, 1.165) is 37.6 Å². The predicted octanol–water partition coefficient (Wildman–Crippen LogP) is 1.72. The van der Waals surface area contributed by atoms with Crippen molar-refractivity contribution in [3.63, 3.8) is 0 Å². The molecule has 3 heterocycles. The molecule has 9 nitrogen and oxygen atoms in total. The number of halogens is 1. The highest BCUT2D eigenvalue weighted by molar-refractivity contribution is 7.99. The van der Waals surface area contributed by atoms with Gasteiger partial charge in [0, 0.05) is 44.3 Å². The van der Waals surface area contributed by atoms with Gasteiger partial charge in [0.05, 0.1) is 17.7 Å². The van der Waals surface area contributed by atoms with Crippen LogP contribution in [-0.2, 0) is 14.8 Å². The average molecular weight is 485 g/mol. The summed E-state index contributed by atoms with van der Waals surface area (Å²) < 4.78 is 26.7. The molecule has 0 atom stereocenters. The average Bonchev–Trinajstić information content (AvgIpc) is 3.41. The molecule has 0 radical (unpaired) electrons. The third-order valence-electron chi connectivity index (χ3n) is 5.46. The Morgan fingerprint density at radius 2 is 1.81 bits per heavy atom. The summed E-state index contributed by atoms with van der Waals surface area (Å²) in [6, 6.07) is 7.51. The molecule has 2 fully saturated rings. The minimum Gasteiger partial charge on any atom is -0.341 e. The molecule has 0 unspecified atom stereocenters. The number of amides is 1. The highest BCUT2D eigenvalue weighted by atomic mass is 35.5. The number of carbonyl (C=O) groups is 1. The normalized spacial score (nSPS) is 18.0. The lowest BCUT2D eigenvalue weighted by molar-refractivity contribution is -0.129. The summed E-state index contributed by atoms with van der Waals surface area (Å²) in [5.41, 5.74) is 0.858. The summed E-state index contributed by atoms with van der Waals surface area (Å²) >= 11 is 7.55. The molecule has 1 amide bonds. The number of nitrogens with zero attached hydrogens (tertiary/aromatic N) is 6. The van der Waals surface area contributed by atoms with Crippen LogP contribution in [0.5, 0.6) is 0 Å². The Labute approximate surface area is 191 Å². The van der Waals surface area contributed by atoms with Gasteiger partial charge in [-0.3, -0.25) is 9.36 Å². The maximum absolute atomic E-state index is 12.7. The van der Waals surface area contributed by atoms with Crippen molar-refractivity contribution >= 4 is 45.2 Å². The number of sulfonamides is 1. The van der Waals surface area contributed by atoms with Crippen LogP contribution in [0.15, 0.2) is 29.4 Å². The fourth-order valence-electron chi connectivity index (χ4n) is 3.81. The van der Waals surface area contributed by atoms with Crippen molar-refractivity contribution in [1.82, 2.24) is 24.0 Å². The van der Waals surface area contributed by atoms with Gasteiger partial charge in [-0.05, 0) is 31.0 Å². The molecule has 2 aromatic rings. The number of piperazine rings is 1. The van der Waals surface area contributed by atoms with E-state index in [1.54, 1.807) is 4.90 Å². The second-order valence-corrected chi connectivity index (χ2v) is 11.0. The number of hydrogen-bond acceptors (Lipinski definition) is 7. The fraction of sp³-hybridized carbons (Fsp3) is 0.526. The first-order valence-electron chi connectivity index (χ1n) is 10.1. The third-order valence-corrected chi connectivity index (χ3v) is 7.91. The molecule has 1 aromatic heterocycles. The standard InChI is InChI=1S/C19H25ClN6O3S2/c1-31(28,29)25-11-9-23(10-12-25)17(27)14-30-19-22-21-18(24-7-2-3-8-24)26(19)16-6-4-5-15(20)13-16/h4-6,13H,2-3,7-12,14H2,1H3. The van der Waals surface area contributed by atoms with Crippen molar-refractivity contribution in [1.29, 1.82) is 0 Å². The number of anilines is 1. The number of hydrogen-bond donors (Lipinski definition) is 0. The monoisotopic (exact) mass is 484 g/mol. The van der Waals surface area contributed by atoms with Crippen molar-refractivity contribution in [2.75, 3.05) is 56.2 Å². The Morgan fingerprint density at radius 3 is 2.45 bits per heavy atom. The molecular formula is C19H25ClN6O3S2. The van der Waals surface area contributed by atoms with Crippen molar-refractivity contribution in [2.24, 2.45) is 0 Å². The van der Waals surface area contributed by atoms with Crippen LogP contribution in [0, 0.1) is 0 Å². The molecule has 0 N–H and O–H groups in total. The van der Waals surface area contributed by atoms with Crippen LogP contribution in [0.1, 0.15) is 12.8 Å². The van der Waals surface area contributed by atoms with E-state index in [1.165, 1.54) is 22.3 Å². The van der Waals surface area contributed by atoms with Gasteiger partial charge in [-0.1, -0.05) is 29.4 Å². The minimum atomic E-state index is -3.22. The van der Waals surface area contributed by atoms with Gasteiger partial charge in [0.15, 0.2) is 5.16 Å². The van der Waals surface area contributed by atoms with Crippen molar-refractivity contribution in [3.05, 3.63) is 29.3 Å². The van der Waals surface area contributed by atoms with E-state index in [9.17, 15) is 13.2 Å². The van der Waals surface area contributed by atoms with Gasteiger partial charge in [0.2, 0.25) is 21.9 Å². The van der Waals surface area contributed by atoms with Gasteiger partial charge in [0.25, 0.3) is 0 Å². The molecule has 168 valence electrons. The maximum atomic E-state index is 12.7. The number of carbonyl (C=O) groups excluding carboxylic acids is 1. The number of benzene rings is 1. The summed E-state index contributed by atoms with van der Waals surface area (Å²) in [6.07, 6.45) is 3.42. The van der Waals surface area contributed by atoms with Crippen LogP contribution in [0.25, 0.3) is 5.69 Å². The quantitative estimate of drug-likeness (QED) is 0.576. The van der Waals surface area contributed by atoms with Gasteiger partial charge in [-0.15, -0.1) is 10.2 Å². The highest BCUT2D eigenvalue weighted by Gasteiger charge is 2.27. The van der Waals surface area contributed by atoms with E-state index >= 15 is 0 Å². The Bertz CT molecular complexity index is 1050. The zero-order valence-corrected chi connectivity index (χ0v) is 19.7. The summed E-state index contributed by atoms with van der Waals surface area (Å²) in [5.74, 6) is 0.926. The molecule has 0 bridgehead atoms. The lowest BCUT2D eigenvalue weighted by Crippen LogP contribution is -2.50. The van der Waals surface area contributed by atoms with Crippen LogP contribution in [0.2, 0.25) is 5.02 Å². The SMILES string of the molecule is CS(=O)(=O)N1CCN(C(=O)CSc2nnc(N3CCCC3)n2-c2cccc(Cl)c2)CC1. The zero-order valence-electron chi connectivity index (χ0n) is 17.3. The second-order valence-electron chi connectivity index (χ2n) is 7.62. The molecule has 2 aliphatic rings. The van der Waals surface area contributed by atoms with Crippen LogP contribution in [-0.4, -0.2) is 89.6 Å². The lowest BCUT2D eigenvalue weighted by Gasteiger charge is -2.33. The van der Waals surface area contributed by atoms with E-state index in [-0.39, 0.29) is 11.7 Å². The first-order chi connectivity index (χ1) is 14.8. The molecule has 4 rings (SSSR count). The molecule has 31 heavy (non-hydrogen) atoms. The molecule has 1 aromatic carbocycles. The van der Waals surface area contributed by atoms with Gasteiger partial charge >= 0.3 is 0 Å². The largest absolute Gasteiger partial charge is 0.341 e. The minimum absolute atomic E-state index is 0.0403. The number of rotatable bonds is 6. The van der Waals surface area contributed by atoms with Gasteiger partial charge in [-0.25, -0.2) is 8.42 Å². The van der Waals surface area contributed by atoms with Crippen molar-refractivity contribution in [3.8, 4) is 5.69 Å². The maximum Gasteiger partial charge on any atom is 0.233 e. The van der Waals surface area contributed by atoms with E-state index < -0.39 is 10.0 Å². The zero-order chi connectivity index (χ0) is 22.0. The van der Waals surface area contributed by atoms with Crippen LogP contribution in [0.3, 0.4) is 0 Å². The molecule has 0 spiro atoms. The molecular weight excluding hydrogens is 460 g/mol. The number of aromatic nitrogens is 3. The van der Waals surface area contributed by atoms with E-state index in [2.05, 4.69) is 15.1 Å². The predicted molar refractivity (Wildman–Crippen MR) is 122 cm³/mol. The summed E-state index contributed by atoms with van der Waals surface area (Å²) in [7, 11) is -3.22. The Morgan fingerprint density at radius 1 is 1.10 bits per heavy atom. The smallest absolute Gasteiger partial charge is 0.233 e. The third kappa shape index (κ3) is 5.16. The van der Waals surface area contributed by atoms with Crippen LogP contribution < -0.4 is 4.90 Å².